The molecule has 0 bridgehead atoms. The predicted molar refractivity (Wildman–Crippen MR) is 92.4 cm³/mol. The summed E-state index contributed by atoms with van der Waals surface area (Å²) in [6.45, 7) is 5.51. The van der Waals surface area contributed by atoms with E-state index in [0.29, 0.717) is 27.6 Å². The van der Waals surface area contributed by atoms with Gasteiger partial charge in [0.1, 0.15) is 11.4 Å². The molecule has 0 radical (unpaired) electrons. The molecule has 2 heterocycles. The number of amides is 1. The van der Waals surface area contributed by atoms with Crippen LogP contribution in [0.1, 0.15) is 26.5 Å². The highest BCUT2D eigenvalue weighted by molar-refractivity contribution is 5.87. The molecular weight excluding hydrogens is 323 g/mol. The second-order valence-corrected chi connectivity index (χ2v) is 6.67. The smallest absolute Gasteiger partial charge is 0.407 e. The zero-order valence-electron chi connectivity index (χ0n) is 14.3. The van der Waals surface area contributed by atoms with E-state index < -0.39 is 11.7 Å². The molecule has 0 atom stereocenters. The van der Waals surface area contributed by atoms with Crippen LogP contribution in [0, 0.1) is 5.82 Å². The zero-order valence-corrected chi connectivity index (χ0v) is 14.3. The van der Waals surface area contributed by atoms with Crippen LogP contribution in [0.15, 0.2) is 36.8 Å². The van der Waals surface area contributed by atoms with Gasteiger partial charge in [-0.25, -0.2) is 9.18 Å². The molecule has 25 heavy (non-hydrogen) atoms. The first-order valence-corrected chi connectivity index (χ1v) is 7.86. The van der Waals surface area contributed by atoms with Gasteiger partial charge in [-0.3, -0.25) is 10.1 Å². The largest absolute Gasteiger partial charge is 0.444 e. The SMILES string of the molecule is CC(C)(C)OC(=O)NCc1cc2c(F)c(-c3cn[nH]c3)ccc2cn1. The van der Waals surface area contributed by atoms with Crippen molar-refractivity contribution in [3.8, 4) is 11.1 Å². The number of benzene rings is 1. The summed E-state index contributed by atoms with van der Waals surface area (Å²) in [4.78, 5) is 16.0. The van der Waals surface area contributed by atoms with Crippen LogP contribution in [-0.2, 0) is 11.3 Å². The van der Waals surface area contributed by atoms with Crippen molar-refractivity contribution in [3.05, 3.63) is 48.3 Å². The van der Waals surface area contributed by atoms with Crippen molar-refractivity contribution in [2.24, 2.45) is 0 Å². The fraction of sp³-hybridized carbons (Fsp3) is 0.278. The standard InChI is InChI=1S/C18H19FN4O2/c1-18(2,3)25-17(24)21-10-13-6-15-11(7-20-13)4-5-14(16(15)19)12-8-22-23-9-12/h4-9H,10H2,1-3H3,(H,21,24)(H,22,23). The number of alkyl carbamates (subject to hydrolysis) is 1. The minimum Gasteiger partial charge on any atom is -0.444 e. The second kappa shape index (κ2) is 6.51. The Morgan fingerprint density at radius 2 is 2.12 bits per heavy atom. The Morgan fingerprint density at radius 3 is 2.80 bits per heavy atom. The molecule has 3 aromatic rings. The minimum atomic E-state index is -0.577. The van der Waals surface area contributed by atoms with E-state index in [1.165, 1.54) is 0 Å². The average molecular weight is 342 g/mol. The maximum absolute atomic E-state index is 14.9. The first-order valence-electron chi connectivity index (χ1n) is 7.86. The van der Waals surface area contributed by atoms with Gasteiger partial charge in [-0.05, 0) is 26.8 Å². The van der Waals surface area contributed by atoms with Crippen LogP contribution in [0.2, 0.25) is 0 Å². The van der Waals surface area contributed by atoms with Crippen LogP contribution in [0.25, 0.3) is 21.9 Å². The molecule has 0 fully saturated rings. The van der Waals surface area contributed by atoms with Crippen LogP contribution in [0.3, 0.4) is 0 Å². The van der Waals surface area contributed by atoms with Crippen LogP contribution in [0.4, 0.5) is 9.18 Å². The van der Waals surface area contributed by atoms with Crippen molar-refractivity contribution >= 4 is 16.9 Å². The van der Waals surface area contributed by atoms with Crippen LogP contribution in [0.5, 0.6) is 0 Å². The molecule has 7 heteroatoms. The summed E-state index contributed by atoms with van der Waals surface area (Å²) in [5.41, 5.74) is 1.09. The molecule has 6 nitrogen and oxygen atoms in total. The number of fused-ring (bicyclic) bond motifs is 1. The van der Waals surface area contributed by atoms with Gasteiger partial charge in [0.05, 0.1) is 18.4 Å². The van der Waals surface area contributed by atoms with Crippen molar-refractivity contribution in [1.29, 1.82) is 0 Å². The van der Waals surface area contributed by atoms with Crippen LogP contribution >= 0.6 is 0 Å². The number of hydrogen-bond donors (Lipinski definition) is 2. The molecule has 3 rings (SSSR count). The number of nitrogens with zero attached hydrogens (tertiary/aromatic N) is 2. The molecule has 1 amide bonds. The molecule has 1 aromatic carbocycles. The Bertz CT molecular complexity index is 901. The van der Waals surface area contributed by atoms with E-state index in [9.17, 15) is 9.18 Å². The van der Waals surface area contributed by atoms with E-state index in [4.69, 9.17) is 4.74 Å². The molecule has 0 saturated heterocycles. The van der Waals surface area contributed by atoms with E-state index >= 15 is 0 Å². The Kier molecular flexibility index (Phi) is 4.39. The lowest BCUT2D eigenvalue weighted by atomic mass is 10.0. The quantitative estimate of drug-likeness (QED) is 0.759. The number of aromatic amines is 1. The third-order valence-corrected chi connectivity index (χ3v) is 3.52. The number of carbonyl (C=O) groups excluding carboxylic acids is 1. The second-order valence-electron chi connectivity index (χ2n) is 6.67. The third kappa shape index (κ3) is 3.93. The van der Waals surface area contributed by atoms with Gasteiger partial charge in [-0.2, -0.15) is 5.10 Å². The van der Waals surface area contributed by atoms with Gasteiger partial charge in [0.2, 0.25) is 0 Å². The van der Waals surface area contributed by atoms with E-state index in [2.05, 4.69) is 20.5 Å². The molecule has 2 N–H and O–H groups in total. The number of ether oxygens (including phenoxy) is 1. The van der Waals surface area contributed by atoms with Crippen LogP contribution < -0.4 is 5.32 Å². The fourth-order valence-corrected chi connectivity index (χ4v) is 2.42. The zero-order chi connectivity index (χ0) is 18.0. The summed E-state index contributed by atoms with van der Waals surface area (Å²) in [5, 5.41) is 10.3. The lowest BCUT2D eigenvalue weighted by Crippen LogP contribution is -2.32. The van der Waals surface area contributed by atoms with Crippen molar-refractivity contribution in [2.75, 3.05) is 0 Å². The molecule has 130 valence electrons. The Morgan fingerprint density at radius 1 is 1.32 bits per heavy atom. The van der Waals surface area contributed by atoms with Crippen molar-refractivity contribution < 1.29 is 13.9 Å². The van der Waals surface area contributed by atoms with Gasteiger partial charge in [-0.1, -0.05) is 12.1 Å². The number of aromatic nitrogens is 3. The number of rotatable bonds is 3. The maximum Gasteiger partial charge on any atom is 0.407 e. The lowest BCUT2D eigenvalue weighted by Gasteiger charge is -2.19. The summed E-state index contributed by atoms with van der Waals surface area (Å²) >= 11 is 0. The van der Waals surface area contributed by atoms with E-state index in [1.807, 2.05) is 0 Å². The van der Waals surface area contributed by atoms with Gasteiger partial charge in [0.25, 0.3) is 0 Å². The van der Waals surface area contributed by atoms with Crippen LogP contribution in [-0.4, -0.2) is 26.9 Å². The molecule has 0 aliphatic carbocycles. The van der Waals surface area contributed by atoms with Gasteiger partial charge in [0.15, 0.2) is 0 Å². The molecular formula is C18H19FN4O2. The number of hydrogen-bond acceptors (Lipinski definition) is 4. The molecule has 0 saturated carbocycles. The Labute approximate surface area is 144 Å². The summed E-state index contributed by atoms with van der Waals surface area (Å²) < 4.78 is 20.0. The van der Waals surface area contributed by atoms with Crippen molar-refractivity contribution in [2.45, 2.75) is 32.9 Å². The highest BCUT2D eigenvalue weighted by Crippen LogP contribution is 2.28. The van der Waals surface area contributed by atoms with Crippen molar-refractivity contribution in [3.63, 3.8) is 0 Å². The summed E-state index contributed by atoms with van der Waals surface area (Å²) in [6, 6.07) is 5.13. The Hall–Kier alpha value is -2.96. The Balaban J connectivity index is 1.84. The summed E-state index contributed by atoms with van der Waals surface area (Å²) in [7, 11) is 0. The molecule has 0 spiro atoms. The van der Waals surface area contributed by atoms with E-state index in [1.54, 1.807) is 57.6 Å². The number of nitrogens with one attached hydrogen (secondary N) is 2. The fourth-order valence-electron chi connectivity index (χ4n) is 2.42. The normalized spacial score (nSPS) is 11.5. The minimum absolute atomic E-state index is 0.153. The first kappa shape index (κ1) is 16.9. The predicted octanol–water partition coefficient (Wildman–Crippen LogP) is 3.79. The number of pyridine rings is 1. The maximum atomic E-state index is 14.9. The van der Waals surface area contributed by atoms with Gasteiger partial charge in [0, 0.05) is 34.3 Å². The number of halogens is 1. The third-order valence-electron chi connectivity index (χ3n) is 3.52. The van der Waals surface area contributed by atoms with Crippen molar-refractivity contribution in [1.82, 2.24) is 20.5 Å². The summed E-state index contributed by atoms with van der Waals surface area (Å²) in [5.74, 6) is -0.347. The highest BCUT2D eigenvalue weighted by Gasteiger charge is 2.16. The average Bonchev–Trinajstić information content (AvgIpc) is 3.06. The molecule has 0 aliphatic rings. The molecule has 0 unspecified atom stereocenters. The van der Waals surface area contributed by atoms with E-state index in [-0.39, 0.29) is 12.4 Å². The first-order chi connectivity index (χ1) is 11.8. The highest BCUT2D eigenvalue weighted by atomic mass is 19.1. The topological polar surface area (TPSA) is 79.9 Å². The van der Waals surface area contributed by atoms with E-state index in [0.717, 1.165) is 0 Å². The monoisotopic (exact) mass is 342 g/mol. The number of H-pyrrole nitrogens is 1. The van der Waals surface area contributed by atoms with Gasteiger partial charge in [-0.15, -0.1) is 0 Å². The van der Waals surface area contributed by atoms with Gasteiger partial charge >= 0.3 is 6.09 Å². The summed E-state index contributed by atoms with van der Waals surface area (Å²) in [6.07, 6.45) is 4.25. The van der Waals surface area contributed by atoms with Gasteiger partial charge < -0.3 is 10.1 Å². The lowest BCUT2D eigenvalue weighted by molar-refractivity contribution is 0.0523. The molecule has 2 aromatic heterocycles. The number of carbonyl (C=O) groups is 1. The molecule has 0 aliphatic heterocycles.